The average molecular weight is 364 g/mol. The summed E-state index contributed by atoms with van der Waals surface area (Å²) in [4.78, 5) is 1.94. The first-order valence-electron chi connectivity index (χ1n) is 7.50. The van der Waals surface area contributed by atoms with E-state index in [-0.39, 0.29) is 6.04 Å². The van der Waals surface area contributed by atoms with Crippen LogP contribution >= 0.6 is 15.9 Å². The molecule has 0 aromatic heterocycles. The third-order valence-corrected chi connectivity index (χ3v) is 4.83. The molecule has 118 valence electrons. The van der Waals surface area contributed by atoms with E-state index >= 15 is 0 Å². The molecular weight excluding hydrogens is 343 g/mol. The summed E-state index contributed by atoms with van der Waals surface area (Å²) in [6.45, 7) is 2.55. The van der Waals surface area contributed by atoms with Crippen LogP contribution in [0.15, 0.2) is 18.2 Å². The number of alkyl halides is 4. The SMILES string of the molecule is CCN(c1ccc(CBr)cc1C(F)(F)F)C1CCCCC1. The minimum absolute atomic E-state index is 0.236. The summed E-state index contributed by atoms with van der Waals surface area (Å²) in [5, 5.41) is 0.436. The molecule has 1 aliphatic rings. The zero-order valence-electron chi connectivity index (χ0n) is 12.2. The maximum atomic E-state index is 13.4. The Kier molecular flexibility index (Phi) is 5.58. The summed E-state index contributed by atoms with van der Waals surface area (Å²) >= 11 is 3.23. The monoisotopic (exact) mass is 363 g/mol. The van der Waals surface area contributed by atoms with Crippen molar-refractivity contribution in [3.8, 4) is 0 Å². The van der Waals surface area contributed by atoms with Crippen molar-refractivity contribution in [2.75, 3.05) is 11.4 Å². The second-order valence-electron chi connectivity index (χ2n) is 5.56. The molecule has 0 spiro atoms. The van der Waals surface area contributed by atoms with Gasteiger partial charge in [-0.05, 0) is 37.5 Å². The van der Waals surface area contributed by atoms with Crippen LogP contribution in [0.4, 0.5) is 18.9 Å². The van der Waals surface area contributed by atoms with Gasteiger partial charge in [0.2, 0.25) is 0 Å². The van der Waals surface area contributed by atoms with Crippen LogP contribution in [-0.2, 0) is 11.5 Å². The highest BCUT2D eigenvalue weighted by atomic mass is 79.9. The molecule has 1 fully saturated rings. The highest BCUT2D eigenvalue weighted by Gasteiger charge is 2.36. The molecule has 5 heteroatoms. The first-order valence-corrected chi connectivity index (χ1v) is 8.62. The molecule has 0 atom stereocenters. The molecule has 1 nitrogen and oxygen atoms in total. The van der Waals surface area contributed by atoms with E-state index in [4.69, 9.17) is 0 Å². The Morgan fingerprint density at radius 1 is 1.19 bits per heavy atom. The zero-order chi connectivity index (χ0) is 15.5. The molecule has 0 heterocycles. The van der Waals surface area contributed by atoms with Crippen LogP contribution in [0, 0.1) is 0 Å². The molecule has 0 aliphatic heterocycles. The van der Waals surface area contributed by atoms with Gasteiger partial charge in [0.15, 0.2) is 0 Å². The lowest BCUT2D eigenvalue weighted by Gasteiger charge is -2.37. The van der Waals surface area contributed by atoms with E-state index in [1.54, 1.807) is 12.1 Å². The molecular formula is C16H21BrF3N. The Morgan fingerprint density at radius 2 is 1.86 bits per heavy atom. The number of benzene rings is 1. The van der Waals surface area contributed by atoms with Gasteiger partial charge in [-0.3, -0.25) is 0 Å². The Labute approximate surface area is 132 Å². The first kappa shape index (κ1) is 16.7. The summed E-state index contributed by atoms with van der Waals surface area (Å²) in [6, 6.07) is 4.93. The Balaban J connectivity index is 2.39. The van der Waals surface area contributed by atoms with Crippen molar-refractivity contribution in [2.24, 2.45) is 0 Å². The molecule has 0 radical (unpaired) electrons. The van der Waals surface area contributed by atoms with Crippen molar-refractivity contribution in [1.29, 1.82) is 0 Å². The molecule has 0 N–H and O–H groups in total. The second kappa shape index (κ2) is 7.03. The quantitative estimate of drug-likeness (QED) is 0.614. The predicted molar refractivity (Wildman–Crippen MR) is 84.0 cm³/mol. The van der Waals surface area contributed by atoms with E-state index in [1.165, 1.54) is 12.5 Å². The normalized spacial score (nSPS) is 17.0. The molecule has 0 saturated heterocycles. The van der Waals surface area contributed by atoms with Crippen molar-refractivity contribution in [1.82, 2.24) is 0 Å². The van der Waals surface area contributed by atoms with Crippen molar-refractivity contribution < 1.29 is 13.2 Å². The van der Waals surface area contributed by atoms with Crippen LogP contribution in [0.3, 0.4) is 0 Å². The minimum Gasteiger partial charge on any atom is -0.368 e. The molecule has 1 aromatic rings. The molecule has 1 aromatic carbocycles. The standard InChI is InChI=1S/C16H21BrF3N/c1-2-21(13-6-4-3-5-7-13)15-9-8-12(11-17)10-14(15)16(18,19)20/h8-10,13H,2-7,11H2,1H3. The van der Waals surface area contributed by atoms with Crippen LogP contribution in [-0.4, -0.2) is 12.6 Å². The van der Waals surface area contributed by atoms with E-state index in [0.717, 1.165) is 25.7 Å². The summed E-state index contributed by atoms with van der Waals surface area (Å²) in [6.07, 6.45) is 1.10. The van der Waals surface area contributed by atoms with E-state index < -0.39 is 11.7 Å². The number of halogens is 4. The van der Waals surface area contributed by atoms with Crippen molar-refractivity contribution in [2.45, 2.75) is 56.6 Å². The van der Waals surface area contributed by atoms with Crippen LogP contribution in [0.1, 0.15) is 50.2 Å². The van der Waals surface area contributed by atoms with Crippen LogP contribution in [0.5, 0.6) is 0 Å². The molecule has 1 saturated carbocycles. The van der Waals surface area contributed by atoms with Gasteiger partial charge in [-0.25, -0.2) is 0 Å². The molecule has 21 heavy (non-hydrogen) atoms. The lowest BCUT2D eigenvalue weighted by molar-refractivity contribution is -0.137. The third kappa shape index (κ3) is 3.93. The number of rotatable bonds is 4. The number of nitrogens with zero attached hydrogens (tertiary/aromatic N) is 1. The van der Waals surface area contributed by atoms with Gasteiger partial charge in [0, 0.05) is 23.6 Å². The smallest absolute Gasteiger partial charge is 0.368 e. The molecule has 1 aliphatic carbocycles. The van der Waals surface area contributed by atoms with Gasteiger partial charge in [0.05, 0.1) is 5.56 Å². The van der Waals surface area contributed by atoms with E-state index in [1.807, 2.05) is 11.8 Å². The topological polar surface area (TPSA) is 3.24 Å². The highest BCUT2D eigenvalue weighted by molar-refractivity contribution is 9.08. The van der Waals surface area contributed by atoms with Gasteiger partial charge in [-0.2, -0.15) is 13.2 Å². The van der Waals surface area contributed by atoms with E-state index in [9.17, 15) is 13.2 Å². The summed E-state index contributed by atoms with van der Waals surface area (Å²) in [5.74, 6) is 0. The fourth-order valence-electron chi connectivity index (χ4n) is 3.16. The number of hydrogen-bond acceptors (Lipinski definition) is 1. The number of hydrogen-bond donors (Lipinski definition) is 0. The van der Waals surface area contributed by atoms with Crippen molar-refractivity contribution >= 4 is 21.6 Å². The molecule has 0 bridgehead atoms. The fourth-order valence-corrected chi connectivity index (χ4v) is 3.51. The second-order valence-corrected chi connectivity index (χ2v) is 6.12. The summed E-state index contributed by atoms with van der Waals surface area (Å²) in [7, 11) is 0. The molecule has 0 unspecified atom stereocenters. The zero-order valence-corrected chi connectivity index (χ0v) is 13.8. The lowest BCUT2D eigenvalue weighted by atomic mass is 9.93. The molecule has 0 amide bonds. The average Bonchev–Trinajstić information content (AvgIpc) is 2.48. The van der Waals surface area contributed by atoms with Crippen LogP contribution in [0.2, 0.25) is 0 Å². The van der Waals surface area contributed by atoms with Gasteiger partial charge in [0.1, 0.15) is 0 Å². The lowest BCUT2D eigenvalue weighted by Crippen LogP contribution is -2.38. The highest BCUT2D eigenvalue weighted by Crippen LogP contribution is 2.39. The predicted octanol–water partition coefficient (Wildman–Crippen LogP) is 5.76. The van der Waals surface area contributed by atoms with Crippen LogP contribution in [0.25, 0.3) is 0 Å². The van der Waals surface area contributed by atoms with Gasteiger partial charge in [0.25, 0.3) is 0 Å². The van der Waals surface area contributed by atoms with Gasteiger partial charge in [-0.1, -0.05) is 41.3 Å². The summed E-state index contributed by atoms with van der Waals surface area (Å²) < 4.78 is 40.2. The third-order valence-electron chi connectivity index (χ3n) is 4.19. The largest absolute Gasteiger partial charge is 0.418 e. The maximum Gasteiger partial charge on any atom is 0.418 e. The summed E-state index contributed by atoms with van der Waals surface area (Å²) in [5.41, 5.74) is 0.485. The first-order chi connectivity index (χ1) is 9.97. The Bertz CT molecular complexity index is 467. The van der Waals surface area contributed by atoms with E-state index in [0.29, 0.717) is 23.1 Å². The van der Waals surface area contributed by atoms with Crippen molar-refractivity contribution in [3.63, 3.8) is 0 Å². The number of anilines is 1. The Hall–Kier alpha value is -0.710. The molecule has 2 rings (SSSR count). The maximum absolute atomic E-state index is 13.4. The fraction of sp³-hybridized carbons (Fsp3) is 0.625. The van der Waals surface area contributed by atoms with Gasteiger partial charge in [-0.15, -0.1) is 0 Å². The Morgan fingerprint density at radius 3 is 2.38 bits per heavy atom. The van der Waals surface area contributed by atoms with Crippen molar-refractivity contribution in [3.05, 3.63) is 29.3 Å². The van der Waals surface area contributed by atoms with Gasteiger partial charge < -0.3 is 4.90 Å². The van der Waals surface area contributed by atoms with E-state index in [2.05, 4.69) is 15.9 Å². The van der Waals surface area contributed by atoms with Crippen LogP contribution < -0.4 is 4.90 Å². The minimum atomic E-state index is -4.31. The van der Waals surface area contributed by atoms with Gasteiger partial charge >= 0.3 is 6.18 Å².